The molecule has 0 aromatic heterocycles. The summed E-state index contributed by atoms with van der Waals surface area (Å²) in [6.45, 7) is 27.2. The zero-order valence-electron chi connectivity index (χ0n) is 29.5. The summed E-state index contributed by atoms with van der Waals surface area (Å²) < 4.78 is 0. The molecule has 4 aliphatic rings. The van der Waals surface area contributed by atoms with E-state index in [2.05, 4.69) is 77.8 Å². The highest BCUT2D eigenvalue weighted by molar-refractivity contribution is 5.84. The standard InChI is InChI=1S/C13H25NO.C10H13N3O2.C7H14N2O.C4H10/c1-10-8-14(9-13(10,5)6)11(15)7-12(2,3)4;11-5-8(12-6-14)3-7-4-10(1-2-10)13-9(7)15;1-7(2,6(8)10)9-4-3-5-9;1-4(2)3/h10H,7-9H2,1-6H3;6-8H,1-4H2,(H,12,14)(H,13,15);3-5H2,1-2H3,(H2,8,10);4H,1-3H3. The van der Waals surface area contributed by atoms with Crippen LogP contribution in [0.1, 0.15) is 115 Å². The van der Waals surface area contributed by atoms with Gasteiger partial charge in [-0.15, -0.1) is 0 Å². The summed E-state index contributed by atoms with van der Waals surface area (Å²) in [5, 5.41) is 14.1. The molecule has 4 rings (SSSR count). The predicted molar refractivity (Wildman–Crippen MR) is 175 cm³/mol. The van der Waals surface area contributed by atoms with Crippen LogP contribution in [0.3, 0.4) is 0 Å². The van der Waals surface area contributed by atoms with Gasteiger partial charge in [0, 0.05) is 44.1 Å². The maximum atomic E-state index is 12.0. The van der Waals surface area contributed by atoms with Crippen LogP contribution in [0.25, 0.3) is 0 Å². The van der Waals surface area contributed by atoms with Crippen LogP contribution in [0.4, 0.5) is 0 Å². The zero-order valence-corrected chi connectivity index (χ0v) is 29.5. The van der Waals surface area contributed by atoms with Crippen molar-refractivity contribution in [3.05, 3.63) is 0 Å². The molecule has 44 heavy (non-hydrogen) atoms. The number of nitrogens with two attached hydrogens (primary N) is 1. The normalized spacial score (nSPS) is 23.7. The first kappa shape index (κ1) is 39.4. The third kappa shape index (κ3) is 12.7. The lowest BCUT2D eigenvalue weighted by atomic mass is 9.84. The molecular weight excluding hydrogens is 556 g/mol. The Hall–Kier alpha value is -2.67. The van der Waals surface area contributed by atoms with Crippen LogP contribution in [0.5, 0.6) is 0 Å². The number of hydrogen-bond acceptors (Lipinski definition) is 6. The Bertz CT molecular complexity index is 1020. The average Bonchev–Trinajstić information content (AvgIpc) is 3.42. The Balaban J connectivity index is 0.000000316. The van der Waals surface area contributed by atoms with E-state index in [0.717, 1.165) is 51.4 Å². The van der Waals surface area contributed by atoms with Gasteiger partial charge in [-0.2, -0.15) is 5.26 Å². The molecule has 4 fully saturated rings. The molecular formula is C34H62N6O4. The molecule has 3 heterocycles. The maximum Gasteiger partial charge on any atom is 0.237 e. The smallest absolute Gasteiger partial charge is 0.237 e. The number of primary amides is 1. The van der Waals surface area contributed by atoms with E-state index in [0.29, 0.717) is 31.1 Å². The molecule has 1 saturated carbocycles. The molecule has 10 heteroatoms. The fourth-order valence-electron chi connectivity index (χ4n) is 5.25. The lowest BCUT2D eigenvalue weighted by molar-refractivity contribution is -0.132. The highest BCUT2D eigenvalue weighted by atomic mass is 16.2. The number of nitrogens with zero attached hydrogens (tertiary/aromatic N) is 3. The van der Waals surface area contributed by atoms with Gasteiger partial charge in [-0.25, -0.2) is 0 Å². The Morgan fingerprint density at radius 2 is 1.70 bits per heavy atom. The minimum atomic E-state index is -0.549. The van der Waals surface area contributed by atoms with E-state index >= 15 is 0 Å². The quantitative estimate of drug-likeness (QED) is 0.364. The predicted octanol–water partition coefficient (Wildman–Crippen LogP) is 4.23. The van der Waals surface area contributed by atoms with Crippen LogP contribution in [0.15, 0.2) is 0 Å². The maximum absolute atomic E-state index is 12.0. The fraction of sp³-hybridized carbons (Fsp3) is 0.853. The summed E-state index contributed by atoms with van der Waals surface area (Å²) in [4.78, 5) is 48.7. The molecule has 3 saturated heterocycles. The first-order valence-electron chi connectivity index (χ1n) is 16.3. The van der Waals surface area contributed by atoms with Gasteiger partial charge < -0.3 is 21.3 Å². The third-order valence-corrected chi connectivity index (χ3v) is 8.91. The Morgan fingerprint density at radius 3 is 2.00 bits per heavy atom. The van der Waals surface area contributed by atoms with E-state index in [-0.39, 0.29) is 34.1 Å². The van der Waals surface area contributed by atoms with Crippen LogP contribution < -0.4 is 16.4 Å². The summed E-state index contributed by atoms with van der Waals surface area (Å²) in [5.74, 6) is 1.44. The van der Waals surface area contributed by atoms with Gasteiger partial charge in [0.15, 0.2) is 0 Å². The van der Waals surface area contributed by atoms with Crippen LogP contribution >= 0.6 is 0 Å². The summed E-state index contributed by atoms with van der Waals surface area (Å²) in [5.41, 5.74) is 5.20. The number of carbonyl (C=O) groups excluding carboxylic acids is 4. The highest BCUT2D eigenvalue weighted by Gasteiger charge is 2.52. The zero-order chi connectivity index (χ0) is 34.1. The molecule has 3 atom stereocenters. The van der Waals surface area contributed by atoms with Gasteiger partial charge in [0.1, 0.15) is 6.04 Å². The lowest BCUT2D eigenvalue weighted by Gasteiger charge is -2.42. The van der Waals surface area contributed by atoms with E-state index in [1.807, 2.05) is 24.8 Å². The second-order valence-corrected chi connectivity index (χ2v) is 16.3. The number of rotatable bonds is 7. The third-order valence-electron chi connectivity index (χ3n) is 8.91. The lowest BCUT2D eigenvalue weighted by Crippen LogP contribution is -2.58. The second kappa shape index (κ2) is 16.1. The topological polar surface area (TPSA) is 149 Å². The number of nitriles is 1. The van der Waals surface area contributed by atoms with Crippen molar-refractivity contribution in [2.45, 2.75) is 132 Å². The minimum absolute atomic E-state index is 0.0282. The second-order valence-electron chi connectivity index (χ2n) is 16.3. The Morgan fingerprint density at radius 1 is 1.16 bits per heavy atom. The molecule has 0 aromatic rings. The first-order chi connectivity index (χ1) is 20.1. The van der Waals surface area contributed by atoms with Crippen molar-refractivity contribution in [3.8, 4) is 6.07 Å². The van der Waals surface area contributed by atoms with Crippen LogP contribution in [-0.2, 0) is 19.2 Å². The summed E-state index contributed by atoms with van der Waals surface area (Å²) in [7, 11) is 0. The first-order valence-corrected chi connectivity index (χ1v) is 16.3. The number of carbonyl (C=O) groups is 4. The highest BCUT2D eigenvalue weighted by Crippen LogP contribution is 2.46. The van der Waals surface area contributed by atoms with Crippen molar-refractivity contribution in [3.63, 3.8) is 0 Å². The van der Waals surface area contributed by atoms with Gasteiger partial charge >= 0.3 is 0 Å². The number of likely N-dealkylation sites (tertiary alicyclic amines) is 2. The van der Waals surface area contributed by atoms with Gasteiger partial charge in [0.25, 0.3) is 0 Å². The van der Waals surface area contributed by atoms with Gasteiger partial charge in [0.2, 0.25) is 24.1 Å². The molecule has 1 spiro atoms. The SMILES string of the molecule is CC(C)(C(N)=O)N1CCC1.CC(C)C.CC1CN(C(=O)CC(C)(C)C)CC1(C)C.N#CC(CC1CC2(CC2)NC1=O)NC=O. The van der Waals surface area contributed by atoms with Crippen molar-refractivity contribution in [2.75, 3.05) is 26.2 Å². The van der Waals surface area contributed by atoms with Crippen molar-refractivity contribution >= 4 is 24.1 Å². The summed E-state index contributed by atoms with van der Waals surface area (Å²) in [6, 6.07) is 1.43. The fourth-order valence-corrected chi connectivity index (χ4v) is 5.25. The molecule has 0 radical (unpaired) electrons. The van der Waals surface area contributed by atoms with Gasteiger partial charge in [-0.05, 0) is 68.6 Å². The van der Waals surface area contributed by atoms with Crippen molar-refractivity contribution in [1.82, 2.24) is 20.4 Å². The number of amides is 4. The molecule has 4 amide bonds. The number of hydrogen-bond donors (Lipinski definition) is 3. The Kier molecular flexibility index (Phi) is 14.4. The van der Waals surface area contributed by atoms with Crippen molar-refractivity contribution in [1.29, 1.82) is 5.26 Å². The molecule has 3 aliphatic heterocycles. The average molecular weight is 619 g/mol. The molecule has 252 valence electrons. The Labute approximate surface area is 267 Å². The minimum Gasteiger partial charge on any atom is -0.368 e. The van der Waals surface area contributed by atoms with Crippen LogP contribution in [-0.4, -0.2) is 77.2 Å². The van der Waals surface area contributed by atoms with Gasteiger partial charge in [-0.1, -0.05) is 62.3 Å². The molecule has 1 aliphatic carbocycles. The molecule has 0 aromatic carbocycles. The molecule has 0 bridgehead atoms. The molecule has 3 unspecified atom stereocenters. The largest absolute Gasteiger partial charge is 0.368 e. The summed E-state index contributed by atoms with van der Waals surface area (Å²) in [6.07, 6.45) is 5.69. The van der Waals surface area contributed by atoms with Crippen LogP contribution in [0, 0.1) is 39.9 Å². The molecule has 10 nitrogen and oxygen atoms in total. The van der Waals surface area contributed by atoms with Gasteiger partial charge in [-0.3, -0.25) is 24.1 Å². The van der Waals surface area contributed by atoms with E-state index in [9.17, 15) is 19.2 Å². The number of nitrogens with one attached hydrogen (secondary N) is 2. The van der Waals surface area contributed by atoms with Crippen molar-refractivity contribution in [2.24, 2.45) is 34.3 Å². The monoisotopic (exact) mass is 618 g/mol. The van der Waals surface area contributed by atoms with E-state index in [4.69, 9.17) is 11.0 Å². The van der Waals surface area contributed by atoms with Gasteiger partial charge in [0.05, 0.1) is 11.6 Å². The van der Waals surface area contributed by atoms with Crippen molar-refractivity contribution < 1.29 is 19.2 Å². The van der Waals surface area contributed by atoms with E-state index in [1.165, 1.54) is 6.42 Å². The van der Waals surface area contributed by atoms with Crippen LogP contribution in [0.2, 0.25) is 0 Å². The van der Waals surface area contributed by atoms with E-state index < -0.39 is 11.6 Å². The molecule has 4 N–H and O–H groups in total. The summed E-state index contributed by atoms with van der Waals surface area (Å²) >= 11 is 0. The van der Waals surface area contributed by atoms with E-state index in [1.54, 1.807) is 0 Å².